The minimum Gasteiger partial charge on any atom is -0.462 e. The summed E-state index contributed by atoms with van der Waals surface area (Å²) in [6, 6.07) is -0.624. The molecule has 0 saturated carbocycles. The van der Waals surface area contributed by atoms with E-state index in [1.807, 2.05) is 0 Å². The summed E-state index contributed by atoms with van der Waals surface area (Å²) >= 11 is 0. The van der Waals surface area contributed by atoms with E-state index in [2.05, 4.69) is 19.2 Å². The Bertz CT molecular complexity index is 644. The maximum Gasteiger partial charge on any atom is 0.448 e. The van der Waals surface area contributed by atoms with E-state index in [1.165, 1.54) is 6.92 Å². The van der Waals surface area contributed by atoms with E-state index in [4.69, 9.17) is 0 Å². The molecular weight excluding hydrogens is 380 g/mol. The third-order valence-electron chi connectivity index (χ3n) is 2.57. The third kappa shape index (κ3) is 5.50. The number of aromatic nitrogens is 1. The number of nitrogens with one attached hydrogen (secondary N) is 2. The number of rotatable bonds is 6. The third-order valence-corrected chi connectivity index (χ3v) is 2.57. The Morgan fingerprint density at radius 1 is 1.23 bits per heavy atom. The van der Waals surface area contributed by atoms with Crippen LogP contribution in [0.1, 0.15) is 12.7 Å². The van der Waals surface area contributed by atoms with Crippen molar-refractivity contribution in [1.82, 2.24) is 10.5 Å². The zero-order chi connectivity index (χ0) is 20.2. The molecule has 2 N–H and O–H groups in total. The number of esters is 1. The van der Waals surface area contributed by atoms with Gasteiger partial charge in [0.15, 0.2) is 5.82 Å². The number of nitrogens with zero attached hydrogens (tertiary/aromatic N) is 1. The summed E-state index contributed by atoms with van der Waals surface area (Å²) in [6.45, 7) is -0.575. The van der Waals surface area contributed by atoms with Crippen molar-refractivity contribution >= 4 is 17.8 Å². The molecule has 0 saturated heterocycles. The van der Waals surface area contributed by atoms with Gasteiger partial charge in [-0.1, -0.05) is 5.16 Å². The molecule has 1 rings (SSSR count). The van der Waals surface area contributed by atoms with Gasteiger partial charge in [-0.2, -0.15) is 26.3 Å². The van der Waals surface area contributed by atoms with E-state index in [-0.39, 0.29) is 11.6 Å². The highest BCUT2D eigenvalue weighted by molar-refractivity contribution is 5.93. The topological polar surface area (TPSA) is 103 Å². The molecule has 1 aromatic heterocycles. The molecule has 0 aliphatic rings. The van der Waals surface area contributed by atoms with E-state index in [0.29, 0.717) is 0 Å². The fourth-order valence-electron chi connectivity index (χ4n) is 1.57. The highest BCUT2D eigenvalue weighted by atomic mass is 19.4. The fourth-order valence-corrected chi connectivity index (χ4v) is 1.57. The van der Waals surface area contributed by atoms with Crippen LogP contribution in [0.5, 0.6) is 0 Å². The Kier molecular flexibility index (Phi) is 6.46. The summed E-state index contributed by atoms with van der Waals surface area (Å²) < 4.78 is 89.4. The second-order valence-electron chi connectivity index (χ2n) is 4.71. The Labute approximate surface area is 141 Å². The van der Waals surface area contributed by atoms with Crippen molar-refractivity contribution in [3.05, 3.63) is 11.8 Å². The van der Waals surface area contributed by atoms with Crippen molar-refractivity contribution in [2.24, 2.45) is 0 Å². The molecule has 1 aromatic rings. The highest BCUT2D eigenvalue weighted by Gasteiger charge is 2.66. The monoisotopic (exact) mass is 393 g/mol. The standard InChI is InChI=1S/C12H13F6N3O5/c1-3-24-8(22)11(12(16,17)18,25-5-10(13,14)15)20-9(23)19-7-4-6(2)26-21-7/h4H,3,5H2,1-2H3,(H2,19,20,21,23)/t11-/m0/s1. The second kappa shape index (κ2) is 7.80. The lowest BCUT2D eigenvalue weighted by molar-refractivity contribution is -0.305. The van der Waals surface area contributed by atoms with E-state index in [0.717, 1.165) is 18.3 Å². The van der Waals surface area contributed by atoms with Crippen molar-refractivity contribution in [3.63, 3.8) is 0 Å². The molecule has 0 radical (unpaired) electrons. The lowest BCUT2D eigenvalue weighted by atomic mass is 10.2. The van der Waals surface area contributed by atoms with Crippen LogP contribution in [0.3, 0.4) is 0 Å². The van der Waals surface area contributed by atoms with Crippen LogP contribution in [0.2, 0.25) is 0 Å². The molecule has 0 bridgehead atoms. The number of halogens is 6. The average Bonchev–Trinajstić information content (AvgIpc) is 2.86. The predicted molar refractivity (Wildman–Crippen MR) is 70.8 cm³/mol. The lowest BCUT2D eigenvalue weighted by Crippen LogP contribution is -2.67. The average molecular weight is 393 g/mol. The van der Waals surface area contributed by atoms with Gasteiger partial charge in [-0.05, 0) is 13.8 Å². The minimum absolute atomic E-state index is 0.182. The number of ether oxygens (including phenoxy) is 2. The number of hydrogen-bond donors (Lipinski definition) is 2. The largest absolute Gasteiger partial charge is 0.462 e. The molecule has 8 nitrogen and oxygen atoms in total. The van der Waals surface area contributed by atoms with E-state index < -0.39 is 43.3 Å². The number of amides is 2. The van der Waals surface area contributed by atoms with Gasteiger partial charge in [0, 0.05) is 6.07 Å². The normalized spacial score (nSPS) is 14.5. The van der Waals surface area contributed by atoms with Gasteiger partial charge in [-0.15, -0.1) is 0 Å². The molecule has 1 heterocycles. The quantitative estimate of drug-likeness (QED) is 0.437. The van der Waals surface area contributed by atoms with Gasteiger partial charge >= 0.3 is 30.1 Å². The first-order chi connectivity index (χ1) is 11.8. The Hall–Kier alpha value is -2.51. The number of urea groups is 1. The molecule has 0 aromatic carbocycles. The fraction of sp³-hybridized carbons (Fsp3) is 0.583. The molecule has 14 heteroatoms. The maximum absolute atomic E-state index is 13.4. The molecular formula is C12H13F6N3O5. The van der Waals surface area contributed by atoms with Crippen molar-refractivity contribution in [2.75, 3.05) is 18.5 Å². The molecule has 26 heavy (non-hydrogen) atoms. The number of carbonyl (C=O) groups is 2. The number of aryl methyl sites for hydroxylation is 1. The van der Waals surface area contributed by atoms with Gasteiger partial charge in [0.05, 0.1) is 6.61 Å². The molecule has 0 spiro atoms. The van der Waals surface area contributed by atoms with Crippen LogP contribution in [0.25, 0.3) is 0 Å². The maximum atomic E-state index is 13.4. The summed E-state index contributed by atoms with van der Waals surface area (Å²) in [5.41, 5.74) is -4.39. The van der Waals surface area contributed by atoms with Crippen LogP contribution >= 0.6 is 0 Å². The minimum atomic E-state index is -5.78. The Balaban J connectivity index is 3.14. The Morgan fingerprint density at radius 3 is 2.27 bits per heavy atom. The molecule has 1 atom stereocenters. The molecule has 0 fully saturated rings. The molecule has 2 amide bonds. The van der Waals surface area contributed by atoms with Crippen LogP contribution in [0.4, 0.5) is 37.0 Å². The van der Waals surface area contributed by atoms with Crippen LogP contribution in [0.15, 0.2) is 10.6 Å². The molecule has 0 unspecified atom stereocenters. The second-order valence-corrected chi connectivity index (χ2v) is 4.71. The van der Waals surface area contributed by atoms with Gasteiger partial charge in [-0.25, -0.2) is 9.59 Å². The summed E-state index contributed by atoms with van der Waals surface area (Å²) in [4.78, 5) is 23.5. The van der Waals surface area contributed by atoms with Gasteiger partial charge < -0.3 is 14.0 Å². The van der Waals surface area contributed by atoms with Crippen LogP contribution in [-0.4, -0.2) is 48.4 Å². The molecule has 148 valence electrons. The first-order valence-electron chi connectivity index (χ1n) is 6.78. The zero-order valence-corrected chi connectivity index (χ0v) is 13.2. The zero-order valence-electron chi connectivity index (χ0n) is 13.2. The first-order valence-corrected chi connectivity index (χ1v) is 6.78. The van der Waals surface area contributed by atoms with Crippen LogP contribution < -0.4 is 10.6 Å². The van der Waals surface area contributed by atoms with Crippen molar-refractivity contribution in [3.8, 4) is 0 Å². The van der Waals surface area contributed by atoms with Crippen LogP contribution in [-0.2, 0) is 14.3 Å². The summed E-state index contributed by atoms with van der Waals surface area (Å²) in [5, 5.41) is 6.04. The van der Waals surface area contributed by atoms with Gasteiger partial charge in [0.2, 0.25) is 0 Å². The van der Waals surface area contributed by atoms with Gasteiger partial charge in [0.1, 0.15) is 12.4 Å². The number of hydrogen-bond acceptors (Lipinski definition) is 6. The molecule has 0 aliphatic heterocycles. The van der Waals surface area contributed by atoms with E-state index in [1.54, 1.807) is 5.32 Å². The highest BCUT2D eigenvalue weighted by Crippen LogP contribution is 2.34. The Morgan fingerprint density at radius 2 is 1.85 bits per heavy atom. The summed E-state index contributed by atoms with van der Waals surface area (Å²) in [7, 11) is 0. The molecule has 0 aliphatic carbocycles. The van der Waals surface area contributed by atoms with Crippen molar-refractivity contribution in [1.29, 1.82) is 0 Å². The lowest BCUT2D eigenvalue weighted by Gasteiger charge is -2.33. The van der Waals surface area contributed by atoms with Gasteiger partial charge in [-0.3, -0.25) is 10.6 Å². The van der Waals surface area contributed by atoms with E-state index in [9.17, 15) is 35.9 Å². The predicted octanol–water partition coefficient (Wildman–Crippen LogP) is 2.51. The smallest absolute Gasteiger partial charge is 0.448 e. The van der Waals surface area contributed by atoms with Crippen molar-refractivity contribution < 1.29 is 49.9 Å². The van der Waals surface area contributed by atoms with Gasteiger partial charge in [0.25, 0.3) is 0 Å². The number of alkyl halides is 6. The van der Waals surface area contributed by atoms with Crippen molar-refractivity contribution in [2.45, 2.75) is 31.9 Å². The number of anilines is 1. The summed E-state index contributed by atoms with van der Waals surface area (Å²) in [5.74, 6) is -2.44. The van der Waals surface area contributed by atoms with Crippen LogP contribution in [0, 0.1) is 6.92 Å². The summed E-state index contributed by atoms with van der Waals surface area (Å²) in [6.07, 6.45) is -11.0. The number of carbonyl (C=O) groups excluding carboxylic acids is 2. The SMILES string of the molecule is CCOC(=O)[C@](NC(=O)Nc1cc(C)on1)(OCC(F)(F)F)C(F)(F)F. The van der Waals surface area contributed by atoms with E-state index >= 15 is 0 Å². The first kappa shape index (κ1) is 21.5.